The van der Waals surface area contributed by atoms with Crippen LogP contribution in [-0.2, 0) is 22.6 Å². The molecule has 1 atom stereocenters. The SMILES string of the molecule is COc1ccc(CNC(=O)N2CC[C@@H](CS(C)(=O)=O)C2)c(C(F)(F)F)c1. The number of nitrogens with one attached hydrogen (secondary N) is 1. The molecule has 0 aliphatic carbocycles. The van der Waals surface area contributed by atoms with Gasteiger partial charge in [0.1, 0.15) is 15.6 Å². The summed E-state index contributed by atoms with van der Waals surface area (Å²) in [5.41, 5.74) is -0.938. The van der Waals surface area contributed by atoms with Gasteiger partial charge < -0.3 is 15.0 Å². The largest absolute Gasteiger partial charge is 0.497 e. The van der Waals surface area contributed by atoms with Crippen molar-refractivity contribution in [1.29, 1.82) is 0 Å². The molecule has 1 fully saturated rings. The van der Waals surface area contributed by atoms with E-state index in [1.165, 1.54) is 24.1 Å². The number of urea groups is 1. The van der Waals surface area contributed by atoms with Crippen molar-refractivity contribution in [3.8, 4) is 5.75 Å². The molecule has 0 saturated carbocycles. The Morgan fingerprint density at radius 3 is 2.65 bits per heavy atom. The maximum Gasteiger partial charge on any atom is 0.416 e. The van der Waals surface area contributed by atoms with E-state index >= 15 is 0 Å². The first-order valence-corrected chi connectivity index (χ1v) is 10.0. The predicted octanol–water partition coefficient (Wildman–Crippen LogP) is 2.29. The summed E-state index contributed by atoms with van der Waals surface area (Å²) in [4.78, 5) is 13.6. The van der Waals surface area contributed by atoms with Gasteiger partial charge in [0.25, 0.3) is 0 Å². The molecule has 1 aliphatic heterocycles. The third-order valence-electron chi connectivity index (χ3n) is 4.16. The first-order chi connectivity index (χ1) is 12.0. The average Bonchev–Trinajstić information content (AvgIpc) is 2.98. The lowest BCUT2D eigenvalue weighted by molar-refractivity contribution is -0.138. The second kappa shape index (κ2) is 7.73. The Balaban J connectivity index is 2.00. The van der Waals surface area contributed by atoms with Crippen LogP contribution < -0.4 is 10.1 Å². The van der Waals surface area contributed by atoms with Crippen molar-refractivity contribution in [2.75, 3.05) is 32.2 Å². The lowest BCUT2D eigenvalue weighted by Crippen LogP contribution is -2.38. The van der Waals surface area contributed by atoms with Crippen molar-refractivity contribution >= 4 is 15.9 Å². The maximum absolute atomic E-state index is 13.2. The van der Waals surface area contributed by atoms with Crippen molar-refractivity contribution < 1.29 is 31.1 Å². The Labute approximate surface area is 150 Å². The number of carbonyl (C=O) groups is 1. The van der Waals surface area contributed by atoms with Gasteiger partial charge in [-0.1, -0.05) is 6.07 Å². The van der Waals surface area contributed by atoms with E-state index in [1.54, 1.807) is 0 Å². The van der Waals surface area contributed by atoms with Gasteiger partial charge in [-0.15, -0.1) is 0 Å². The summed E-state index contributed by atoms with van der Waals surface area (Å²) in [6.45, 7) is 0.360. The number of sulfone groups is 1. The molecule has 2 amide bonds. The highest BCUT2D eigenvalue weighted by Gasteiger charge is 2.34. The lowest BCUT2D eigenvalue weighted by atomic mass is 10.1. The van der Waals surface area contributed by atoms with E-state index in [2.05, 4.69) is 5.32 Å². The number of nitrogens with zero attached hydrogens (tertiary/aromatic N) is 1. The third-order valence-corrected chi connectivity index (χ3v) is 5.24. The quantitative estimate of drug-likeness (QED) is 0.832. The summed E-state index contributed by atoms with van der Waals surface area (Å²) in [6.07, 6.45) is -2.88. The summed E-state index contributed by atoms with van der Waals surface area (Å²) < 4.78 is 67.0. The number of ether oxygens (including phenoxy) is 1. The summed E-state index contributed by atoms with van der Waals surface area (Å²) >= 11 is 0. The highest BCUT2D eigenvalue weighted by atomic mass is 32.2. The number of halogens is 3. The molecule has 6 nitrogen and oxygen atoms in total. The van der Waals surface area contributed by atoms with Crippen LogP contribution in [-0.4, -0.2) is 51.6 Å². The van der Waals surface area contributed by atoms with Gasteiger partial charge in [0, 0.05) is 25.9 Å². The van der Waals surface area contributed by atoms with Gasteiger partial charge in [-0.05, 0) is 30.0 Å². The number of hydrogen-bond acceptors (Lipinski definition) is 4. The molecule has 2 rings (SSSR count). The average molecular weight is 394 g/mol. The van der Waals surface area contributed by atoms with Gasteiger partial charge in [-0.3, -0.25) is 0 Å². The fraction of sp³-hybridized carbons (Fsp3) is 0.562. The Morgan fingerprint density at radius 2 is 2.08 bits per heavy atom. The van der Waals surface area contributed by atoms with Crippen molar-refractivity contribution in [3.05, 3.63) is 29.3 Å². The van der Waals surface area contributed by atoms with Gasteiger partial charge in [-0.25, -0.2) is 13.2 Å². The highest BCUT2D eigenvalue weighted by molar-refractivity contribution is 7.90. The summed E-state index contributed by atoms with van der Waals surface area (Å²) in [5, 5.41) is 2.47. The minimum atomic E-state index is -4.57. The molecule has 1 aromatic rings. The number of amides is 2. The smallest absolute Gasteiger partial charge is 0.416 e. The molecule has 146 valence electrons. The summed E-state index contributed by atoms with van der Waals surface area (Å²) in [5.74, 6) is -0.0777. The zero-order valence-electron chi connectivity index (χ0n) is 14.5. The minimum absolute atomic E-state index is 0.00647. The number of hydrogen-bond donors (Lipinski definition) is 1. The van der Waals surface area contributed by atoms with E-state index < -0.39 is 27.6 Å². The van der Waals surface area contributed by atoms with Crippen LogP contribution in [0.25, 0.3) is 0 Å². The Hall–Kier alpha value is -1.97. The molecule has 0 aromatic heterocycles. The monoisotopic (exact) mass is 394 g/mol. The van der Waals surface area contributed by atoms with Crippen LogP contribution >= 0.6 is 0 Å². The maximum atomic E-state index is 13.2. The Kier molecular flexibility index (Phi) is 6.05. The van der Waals surface area contributed by atoms with Crippen LogP contribution in [0.1, 0.15) is 17.5 Å². The molecule has 0 bridgehead atoms. The number of alkyl halides is 3. The van der Waals surface area contributed by atoms with Crippen LogP contribution in [0.4, 0.5) is 18.0 Å². The number of benzene rings is 1. The molecule has 0 spiro atoms. The van der Waals surface area contributed by atoms with Crippen molar-refractivity contribution in [3.63, 3.8) is 0 Å². The number of methoxy groups -OCH3 is 1. The molecular weight excluding hydrogens is 373 g/mol. The third kappa shape index (κ3) is 5.52. The van der Waals surface area contributed by atoms with E-state index in [9.17, 15) is 26.4 Å². The minimum Gasteiger partial charge on any atom is -0.497 e. The first-order valence-electron chi connectivity index (χ1n) is 7.94. The number of likely N-dealkylation sites (tertiary alicyclic amines) is 1. The Bertz CT molecular complexity index is 765. The first kappa shape index (κ1) is 20.3. The second-order valence-corrected chi connectivity index (χ2v) is 8.56. The molecule has 10 heteroatoms. The highest BCUT2D eigenvalue weighted by Crippen LogP contribution is 2.34. The normalized spacial score (nSPS) is 18.0. The van der Waals surface area contributed by atoms with Crippen LogP contribution in [0.5, 0.6) is 5.75 Å². The van der Waals surface area contributed by atoms with Crippen LogP contribution in [0, 0.1) is 5.92 Å². The Morgan fingerprint density at radius 1 is 1.38 bits per heavy atom. The molecule has 1 aromatic carbocycles. The molecule has 26 heavy (non-hydrogen) atoms. The van der Waals surface area contributed by atoms with Gasteiger partial charge in [0.05, 0.1) is 18.4 Å². The van der Waals surface area contributed by atoms with Crippen LogP contribution in [0.2, 0.25) is 0 Å². The van der Waals surface area contributed by atoms with Crippen LogP contribution in [0.3, 0.4) is 0 Å². The van der Waals surface area contributed by atoms with E-state index in [0.717, 1.165) is 12.3 Å². The van der Waals surface area contributed by atoms with Gasteiger partial charge in [-0.2, -0.15) is 13.2 Å². The lowest BCUT2D eigenvalue weighted by Gasteiger charge is -2.19. The van der Waals surface area contributed by atoms with Gasteiger partial charge in [0.15, 0.2) is 0 Å². The topological polar surface area (TPSA) is 75.7 Å². The van der Waals surface area contributed by atoms with Gasteiger partial charge in [0.2, 0.25) is 0 Å². The van der Waals surface area contributed by atoms with Gasteiger partial charge >= 0.3 is 12.2 Å². The van der Waals surface area contributed by atoms with Crippen molar-refractivity contribution in [2.45, 2.75) is 19.1 Å². The van der Waals surface area contributed by atoms with Crippen molar-refractivity contribution in [1.82, 2.24) is 10.2 Å². The predicted molar refractivity (Wildman–Crippen MR) is 89.6 cm³/mol. The van der Waals surface area contributed by atoms with E-state index in [1.807, 2.05) is 0 Å². The summed E-state index contributed by atoms with van der Waals surface area (Å²) in [7, 11) is -1.86. The molecular formula is C16H21F3N2O4S. The zero-order valence-corrected chi connectivity index (χ0v) is 15.3. The van der Waals surface area contributed by atoms with E-state index in [-0.39, 0.29) is 36.1 Å². The zero-order chi connectivity index (χ0) is 19.5. The molecule has 0 radical (unpaired) electrons. The van der Waals surface area contributed by atoms with E-state index in [4.69, 9.17) is 4.74 Å². The second-order valence-electron chi connectivity index (χ2n) is 6.37. The number of rotatable bonds is 5. The molecule has 1 N–H and O–H groups in total. The van der Waals surface area contributed by atoms with E-state index in [0.29, 0.717) is 13.0 Å². The standard InChI is InChI=1S/C16H21F3N2O4S/c1-25-13-4-3-12(14(7-13)16(17,18)19)8-20-15(22)21-6-5-11(9-21)10-26(2,23)24/h3-4,7,11H,5-6,8-10H2,1-2H3,(H,20,22)/t11-/m1/s1. The fourth-order valence-corrected chi connectivity index (χ4v) is 4.09. The number of carbonyl (C=O) groups excluding carboxylic acids is 1. The molecule has 1 saturated heterocycles. The van der Waals surface area contributed by atoms with Crippen molar-refractivity contribution in [2.24, 2.45) is 5.92 Å². The molecule has 0 unspecified atom stereocenters. The molecule has 1 aliphatic rings. The van der Waals surface area contributed by atoms with Crippen LogP contribution in [0.15, 0.2) is 18.2 Å². The molecule has 1 heterocycles. The summed E-state index contributed by atoms with van der Waals surface area (Å²) in [6, 6.07) is 3.04. The fourth-order valence-electron chi connectivity index (χ4n) is 2.96.